The van der Waals surface area contributed by atoms with Crippen molar-refractivity contribution in [1.82, 2.24) is 16.0 Å². The third kappa shape index (κ3) is 8.12. The first-order chi connectivity index (χ1) is 9.40. The second-order valence-corrected chi connectivity index (χ2v) is 4.44. The van der Waals surface area contributed by atoms with Crippen molar-refractivity contribution in [3.05, 3.63) is 12.7 Å². The minimum Gasteiger partial charge on any atom is -0.480 e. The van der Waals surface area contributed by atoms with Gasteiger partial charge in [0, 0.05) is 19.0 Å². The molecule has 0 rings (SSSR count). The van der Waals surface area contributed by atoms with Crippen LogP contribution in [0.2, 0.25) is 0 Å². The number of carbonyl (C=O) groups excluding carboxylic acids is 2. The topological polar surface area (TPSA) is 108 Å². The van der Waals surface area contributed by atoms with E-state index in [1.807, 2.05) is 13.8 Å². The van der Waals surface area contributed by atoms with Crippen LogP contribution in [-0.2, 0) is 9.59 Å². The molecule has 0 saturated heterocycles. The van der Waals surface area contributed by atoms with Crippen LogP contribution in [-0.4, -0.2) is 41.6 Å². The Morgan fingerprint density at radius 3 is 2.45 bits per heavy atom. The van der Waals surface area contributed by atoms with E-state index in [-0.39, 0.29) is 31.3 Å². The summed E-state index contributed by atoms with van der Waals surface area (Å²) in [5.41, 5.74) is 0. The standard InChI is InChI=1S/C13H23N3O4/c1-4-6-10(12(18)19)16-13(20)14-8-7-11(17)15-9(3)5-2/h4,9-10H,1,5-8H2,2-3H3,(H,15,17)(H,18,19)(H2,14,16,20). The van der Waals surface area contributed by atoms with Crippen LogP contribution in [0.3, 0.4) is 0 Å². The van der Waals surface area contributed by atoms with Crippen molar-refractivity contribution in [3.63, 3.8) is 0 Å². The summed E-state index contributed by atoms with van der Waals surface area (Å²) in [6.07, 6.45) is 2.54. The van der Waals surface area contributed by atoms with E-state index in [2.05, 4.69) is 22.5 Å². The molecule has 2 unspecified atom stereocenters. The van der Waals surface area contributed by atoms with Gasteiger partial charge in [-0.15, -0.1) is 6.58 Å². The molecule has 0 radical (unpaired) electrons. The second-order valence-electron chi connectivity index (χ2n) is 4.44. The van der Waals surface area contributed by atoms with E-state index in [1.54, 1.807) is 0 Å². The van der Waals surface area contributed by atoms with E-state index in [9.17, 15) is 14.4 Å². The zero-order chi connectivity index (χ0) is 15.5. The summed E-state index contributed by atoms with van der Waals surface area (Å²) in [5.74, 6) is -1.28. The van der Waals surface area contributed by atoms with Crippen molar-refractivity contribution < 1.29 is 19.5 Å². The van der Waals surface area contributed by atoms with Crippen molar-refractivity contribution >= 4 is 17.9 Å². The summed E-state index contributed by atoms with van der Waals surface area (Å²) in [4.78, 5) is 33.7. The summed E-state index contributed by atoms with van der Waals surface area (Å²) >= 11 is 0. The maximum Gasteiger partial charge on any atom is 0.326 e. The monoisotopic (exact) mass is 285 g/mol. The molecule has 20 heavy (non-hydrogen) atoms. The third-order valence-corrected chi connectivity index (χ3v) is 2.66. The van der Waals surface area contributed by atoms with Gasteiger partial charge in [-0.3, -0.25) is 4.79 Å². The van der Waals surface area contributed by atoms with Gasteiger partial charge in [0.2, 0.25) is 5.91 Å². The third-order valence-electron chi connectivity index (χ3n) is 2.66. The van der Waals surface area contributed by atoms with Gasteiger partial charge >= 0.3 is 12.0 Å². The lowest BCUT2D eigenvalue weighted by atomic mass is 10.2. The lowest BCUT2D eigenvalue weighted by Crippen LogP contribution is -2.46. The SMILES string of the molecule is C=CCC(NC(=O)NCCC(=O)NC(C)CC)C(=O)O. The smallest absolute Gasteiger partial charge is 0.326 e. The van der Waals surface area contributed by atoms with Crippen LogP contribution >= 0.6 is 0 Å². The van der Waals surface area contributed by atoms with Crippen molar-refractivity contribution in [3.8, 4) is 0 Å². The van der Waals surface area contributed by atoms with Gasteiger partial charge in [0.25, 0.3) is 0 Å². The van der Waals surface area contributed by atoms with Crippen LogP contribution < -0.4 is 16.0 Å². The molecule has 0 aliphatic carbocycles. The Morgan fingerprint density at radius 2 is 1.95 bits per heavy atom. The Morgan fingerprint density at radius 1 is 1.30 bits per heavy atom. The fourth-order valence-corrected chi connectivity index (χ4v) is 1.34. The number of hydrogen-bond donors (Lipinski definition) is 4. The fraction of sp³-hybridized carbons (Fsp3) is 0.615. The molecule has 0 spiro atoms. The average Bonchev–Trinajstić information content (AvgIpc) is 2.37. The van der Waals surface area contributed by atoms with Crippen molar-refractivity contribution in [1.29, 1.82) is 0 Å². The van der Waals surface area contributed by atoms with Crippen LogP contribution in [0.5, 0.6) is 0 Å². The minimum absolute atomic E-state index is 0.0975. The highest BCUT2D eigenvalue weighted by atomic mass is 16.4. The quantitative estimate of drug-likeness (QED) is 0.466. The molecule has 0 fully saturated rings. The highest BCUT2D eigenvalue weighted by Crippen LogP contribution is 1.93. The lowest BCUT2D eigenvalue weighted by Gasteiger charge is -2.14. The maximum absolute atomic E-state index is 11.4. The molecule has 114 valence electrons. The molecule has 7 heteroatoms. The number of rotatable bonds is 9. The molecule has 7 nitrogen and oxygen atoms in total. The molecule has 0 heterocycles. The molecule has 0 aliphatic heterocycles. The van der Waals surface area contributed by atoms with Gasteiger partial charge < -0.3 is 21.1 Å². The molecule has 0 bridgehead atoms. The number of carboxylic acid groups (broad SMARTS) is 1. The molecule has 2 atom stereocenters. The number of carboxylic acids is 1. The van der Waals surface area contributed by atoms with Crippen molar-refractivity contribution in [2.75, 3.05) is 6.54 Å². The Kier molecular flexibility index (Phi) is 8.82. The van der Waals surface area contributed by atoms with Crippen molar-refractivity contribution in [2.45, 2.75) is 45.2 Å². The van der Waals surface area contributed by atoms with Gasteiger partial charge in [0.05, 0.1) is 0 Å². The predicted molar refractivity (Wildman–Crippen MR) is 75.3 cm³/mol. The van der Waals surface area contributed by atoms with E-state index in [4.69, 9.17) is 5.11 Å². The number of urea groups is 1. The fourth-order valence-electron chi connectivity index (χ4n) is 1.34. The first-order valence-electron chi connectivity index (χ1n) is 6.58. The van der Waals surface area contributed by atoms with Crippen LogP contribution in [0.4, 0.5) is 4.79 Å². The summed E-state index contributed by atoms with van der Waals surface area (Å²) in [7, 11) is 0. The van der Waals surface area contributed by atoms with Crippen LogP contribution in [0.15, 0.2) is 12.7 Å². The Bertz CT molecular complexity index is 358. The number of aliphatic carboxylic acids is 1. The molecule has 0 aromatic carbocycles. The zero-order valence-corrected chi connectivity index (χ0v) is 11.9. The number of hydrogen-bond acceptors (Lipinski definition) is 3. The van der Waals surface area contributed by atoms with Gasteiger partial charge in [-0.05, 0) is 19.8 Å². The zero-order valence-electron chi connectivity index (χ0n) is 11.9. The summed E-state index contributed by atoms with van der Waals surface area (Å²) in [6, 6.07) is -1.53. The van der Waals surface area contributed by atoms with E-state index in [0.717, 1.165) is 6.42 Å². The largest absolute Gasteiger partial charge is 0.480 e. The molecule has 0 saturated carbocycles. The molecular weight excluding hydrogens is 262 g/mol. The van der Waals surface area contributed by atoms with Crippen LogP contribution in [0.1, 0.15) is 33.1 Å². The van der Waals surface area contributed by atoms with E-state index >= 15 is 0 Å². The predicted octanol–water partition coefficient (Wildman–Crippen LogP) is 0.620. The molecule has 0 aromatic heterocycles. The Labute approximate surface area is 118 Å². The Balaban J connectivity index is 3.95. The van der Waals surface area contributed by atoms with E-state index in [1.165, 1.54) is 6.08 Å². The van der Waals surface area contributed by atoms with Gasteiger partial charge in [0.1, 0.15) is 6.04 Å². The minimum atomic E-state index is -1.13. The highest BCUT2D eigenvalue weighted by Gasteiger charge is 2.17. The maximum atomic E-state index is 11.4. The molecular formula is C13H23N3O4. The van der Waals surface area contributed by atoms with E-state index in [0.29, 0.717) is 0 Å². The first-order valence-corrected chi connectivity index (χ1v) is 6.58. The van der Waals surface area contributed by atoms with Crippen LogP contribution in [0.25, 0.3) is 0 Å². The average molecular weight is 285 g/mol. The molecule has 4 N–H and O–H groups in total. The second kappa shape index (κ2) is 9.82. The van der Waals surface area contributed by atoms with E-state index < -0.39 is 18.0 Å². The van der Waals surface area contributed by atoms with Crippen LogP contribution in [0, 0.1) is 0 Å². The normalized spacial score (nSPS) is 12.9. The number of carbonyl (C=O) groups is 3. The number of nitrogens with one attached hydrogen (secondary N) is 3. The van der Waals surface area contributed by atoms with Gasteiger partial charge in [-0.25, -0.2) is 9.59 Å². The van der Waals surface area contributed by atoms with Gasteiger partial charge in [-0.2, -0.15) is 0 Å². The molecule has 0 aliphatic rings. The van der Waals surface area contributed by atoms with Gasteiger partial charge in [-0.1, -0.05) is 13.0 Å². The first kappa shape index (κ1) is 17.9. The summed E-state index contributed by atoms with van der Waals surface area (Å²) in [5, 5.41) is 16.3. The highest BCUT2D eigenvalue weighted by molar-refractivity contribution is 5.83. The summed E-state index contributed by atoms with van der Waals surface area (Å²) < 4.78 is 0. The number of amides is 3. The lowest BCUT2D eigenvalue weighted by molar-refractivity contribution is -0.139. The molecule has 3 amide bonds. The Hall–Kier alpha value is -2.05. The van der Waals surface area contributed by atoms with Gasteiger partial charge in [0.15, 0.2) is 0 Å². The molecule has 0 aromatic rings. The summed E-state index contributed by atoms with van der Waals surface area (Å²) in [6.45, 7) is 7.42. The van der Waals surface area contributed by atoms with Crippen molar-refractivity contribution in [2.24, 2.45) is 0 Å².